The summed E-state index contributed by atoms with van der Waals surface area (Å²) in [6, 6.07) is 18.4. The molecule has 0 radical (unpaired) electrons. The van der Waals surface area contributed by atoms with Crippen LogP contribution in [0, 0.1) is 0 Å². The van der Waals surface area contributed by atoms with Gasteiger partial charge in [-0.1, -0.05) is 0 Å². The number of benzene rings is 5. The fourth-order valence-electron chi connectivity index (χ4n) is 5.07. The third kappa shape index (κ3) is 27.1. The van der Waals surface area contributed by atoms with Crippen LogP contribution in [-0.2, 0) is 0 Å². The standard InChI is InChI=1S/C11H13N3O4.C9H10N2O3.C8H8N2O3S.C7H7NO3.C7H6O4.C3H10N2O.ClH.H2/c15-8-2-6(10(17)18)1-7(3-8)14-11-12-4-9(16)5-13-11;1-5(10)11-7-2-6(9(13)14)3-8(12)4-7;9-8(14)10-5-1-4(7(12)13)2-6(11)3-5;2*8-5-1-4(7(10)11)2-6(9)3-5;4-1-3(6)2-5;;/h1-3,9,15-16H,4-5H2,(H,17,18)(H2,12,13,14);2-4,12H,1H3,(H2,10,11)(H,13,14);1-3,11H,(H,12,13)(H3,9,10,14);1-3,9H,8H2,(H,10,11);1-3,8-9H,(H,10,11);3,6H,1-2,4-5H2;2*1H/i;;;;;;;1+1. The Morgan fingerprint density at radius 2 is 1.01 bits per heavy atom. The van der Waals surface area contributed by atoms with Gasteiger partial charge in [-0.2, -0.15) is 0 Å². The van der Waals surface area contributed by atoms with E-state index < -0.39 is 42.1 Å². The van der Waals surface area contributed by atoms with Gasteiger partial charge in [-0.05, 0) is 79.8 Å². The van der Waals surface area contributed by atoms with Gasteiger partial charge in [0, 0.05) is 68.5 Å². The predicted molar refractivity (Wildman–Crippen MR) is 282 cm³/mol. The average molecular weight is 1090 g/mol. The Morgan fingerprint density at radius 3 is 1.39 bits per heavy atom. The van der Waals surface area contributed by atoms with Gasteiger partial charge in [0.1, 0.15) is 34.5 Å². The zero-order chi connectivity index (χ0) is 56.4. The van der Waals surface area contributed by atoms with Crippen LogP contribution in [0.25, 0.3) is 0 Å². The van der Waals surface area contributed by atoms with Crippen LogP contribution in [0.3, 0.4) is 0 Å². The lowest BCUT2D eigenvalue weighted by atomic mass is 10.2. The molecule has 1 unspecified atom stereocenters. The van der Waals surface area contributed by atoms with E-state index in [4.69, 9.17) is 79.7 Å². The second-order valence-corrected chi connectivity index (χ2v) is 15.0. The number of aliphatic hydroxyl groups excluding tert-OH is 2. The predicted octanol–water partition coefficient (Wildman–Crippen LogP) is 2.07. The van der Waals surface area contributed by atoms with Crippen molar-refractivity contribution in [2.75, 3.05) is 42.5 Å². The number of guanidine groups is 1. The molecule has 5 aromatic rings. The number of carboxylic acids is 5. The second-order valence-electron chi connectivity index (χ2n) is 14.6. The normalized spacial score (nSPS) is 11.9. The summed E-state index contributed by atoms with van der Waals surface area (Å²) in [6.45, 7) is 2.74. The van der Waals surface area contributed by atoms with Gasteiger partial charge in [0.2, 0.25) is 0 Å². The summed E-state index contributed by atoms with van der Waals surface area (Å²) in [7, 11) is 0. The number of nitrogens with one attached hydrogen (secondary N) is 3. The highest BCUT2D eigenvalue weighted by molar-refractivity contribution is 7.80. The van der Waals surface area contributed by atoms with Crippen LogP contribution >= 0.6 is 24.6 Å². The number of hydrogen-bond acceptors (Lipinski definition) is 21. The topological polar surface area (TPSA) is 539 Å². The number of nitrogen functional groups attached to an aromatic ring is 1. The first-order valence-electron chi connectivity index (χ1n) is 20.5. The zero-order valence-electron chi connectivity index (χ0n) is 39.1. The molecule has 30 heteroatoms. The Balaban J connectivity index is 0. The smallest absolute Gasteiger partial charge is 0.335 e. The number of aliphatic imine (C=N–C) groups is 2. The fraction of sp³-hybridized carbons (Fsp3) is 0.156. The van der Waals surface area contributed by atoms with Crippen molar-refractivity contribution < 1.29 is 91.8 Å². The number of phenolic OH excluding ortho intramolecular Hbond substituents is 6. The highest BCUT2D eigenvalue weighted by atomic mass is 35.5. The molecule has 0 aliphatic carbocycles. The van der Waals surface area contributed by atoms with E-state index in [9.17, 15) is 39.3 Å². The molecule has 75 heavy (non-hydrogen) atoms. The van der Waals surface area contributed by atoms with Gasteiger partial charge in [-0.25, -0.2) is 29.0 Å². The van der Waals surface area contributed by atoms with E-state index in [-0.39, 0.29) is 107 Å². The number of anilines is 3. The van der Waals surface area contributed by atoms with Crippen LogP contribution in [-0.4, -0.2) is 152 Å². The second kappa shape index (κ2) is 32.6. The summed E-state index contributed by atoms with van der Waals surface area (Å²) in [5, 5.41) is 123. The number of halogens is 1. The quantitative estimate of drug-likeness (QED) is 0.0412. The number of aromatic hydroxyl groups is 6. The number of rotatable bonds is 10. The van der Waals surface area contributed by atoms with Gasteiger partial charge in [0.25, 0.3) is 0 Å². The maximum atomic E-state index is 10.8. The van der Waals surface area contributed by atoms with E-state index in [2.05, 4.69) is 38.2 Å². The molecular formula is C45H57ClN10O18S. The number of carbonyl (C=O) groups is 5. The molecule has 5 aromatic carbocycles. The van der Waals surface area contributed by atoms with Crippen molar-refractivity contribution in [3.8, 4) is 34.5 Å². The highest BCUT2D eigenvalue weighted by Crippen LogP contribution is 2.24. The van der Waals surface area contributed by atoms with Crippen LogP contribution in [0.1, 0.15) is 60.1 Å². The summed E-state index contributed by atoms with van der Waals surface area (Å²) >= 11 is 4.57. The van der Waals surface area contributed by atoms with Crippen molar-refractivity contribution in [2.24, 2.45) is 32.9 Å². The minimum atomic E-state index is -1.18. The minimum Gasteiger partial charge on any atom is -0.508 e. The first-order chi connectivity index (χ1) is 34.5. The van der Waals surface area contributed by atoms with E-state index in [0.717, 1.165) is 42.5 Å². The fourth-order valence-corrected chi connectivity index (χ4v) is 5.19. The molecule has 26 N–H and O–H groups in total. The monoisotopic (exact) mass is 1090 g/mol. The van der Waals surface area contributed by atoms with Gasteiger partial charge in [-0.3, -0.25) is 4.99 Å². The molecule has 0 amide bonds. The number of thiocarbonyl (C=S) groups is 1. The molecule has 1 aliphatic rings. The summed E-state index contributed by atoms with van der Waals surface area (Å²) in [5.74, 6) is -6.05. The minimum absolute atomic E-state index is 0. The third-order valence-electron chi connectivity index (χ3n) is 8.16. The van der Waals surface area contributed by atoms with Crippen molar-refractivity contribution in [1.29, 1.82) is 0 Å². The molecule has 6 rings (SSSR count). The van der Waals surface area contributed by atoms with E-state index >= 15 is 0 Å². The van der Waals surface area contributed by atoms with Crippen LogP contribution < -0.4 is 44.6 Å². The van der Waals surface area contributed by atoms with E-state index in [0.29, 0.717) is 35.4 Å². The lowest BCUT2D eigenvalue weighted by molar-refractivity contribution is 0.0685. The lowest BCUT2D eigenvalue weighted by Crippen LogP contribution is -2.42. The molecule has 28 nitrogen and oxygen atoms in total. The zero-order valence-corrected chi connectivity index (χ0v) is 40.7. The third-order valence-corrected chi connectivity index (χ3v) is 8.26. The molecule has 1 heterocycles. The molecule has 408 valence electrons. The van der Waals surface area contributed by atoms with Crippen molar-refractivity contribution >= 4 is 94.1 Å². The maximum absolute atomic E-state index is 10.8. The number of amidine groups is 1. The Morgan fingerprint density at radius 1 is 0.640 bits per heavy atom. The Kier molecular flexibility index (Phi) is 28.5. The molecule has 1 aliphatic heterocycles. The van der Waals surface area contributed by atoms with Crippen molar-refractivity contribution in [2.45, 2.75) is 19.1 Å². The van der Waals surface area contributed by atoms with Crippen molar-refractivity contribution in [3.05, 3.63) is 119 Å². The summed E-state index contributed by atoms with van der Waals surface area (Å²) in [4.78, 5) is 60.5. The summed E-state index contributed by atoms with van der Waals surface area (Å²) in [5.41, 5.74) is 26.8. The summed E-state index contributed by atoms with van der Waals surface area (Å²) in [6.07, 6.45) is -1.03. The van der Waals surface area contributed by atoms with E-state index in [1.807, 2.05) is 0 Å². The van der Waals surface area contributed by atoms with Gasteiger partial charge in [0.15, 0.2) is 11.1 Å². The number of hydrogen-bond donors (Lipinski definition) is 21. The number of nitrogens with two attached hydrogens (primary N) is 5. The molecule has 0 aromatic heterocycles. The van der Waals surface area contributed by atoms with Crippen LogP contribution in [0.5, 0.6) is 34.5 Å². The highest BCUT2D eigenvalue weighted by Gasteiger charge is 2.14. The van der Waals surface area contributed by atoms with E-state index in [1.165, 1.54) is 48.5 Å². The first-order valence-corrected chi connectivity index (χ1v) is 20.9. The number of β-amino-alcohol motifs (C(OH)–C–C–N with tert-alkyl or cyclic N) is 1. The molecule has 0 spiro atoms. The Bertz CT molecular complexity index is 2740. The van der Waals surface area contributed by atoms with Gasteiger partial charge in [0.05, 0.1) is 58.1 Å². The largest absolute Gasteiger partial charge is 0.508 e. The first kappa shape index (κ1) is 65.6. The van der Waals surface area contributed by atoms with Crippen LogP contribution in [0.2, 0.25) is 0 Å². The number of aliphatic hydroxyl groups is 2. The molecule has 0 saturated carbocycles. The summed E-state index contributed by atoms with van der Waals surface area (Å²) < 4.78 is 0. The van der Waals surface area contributed by atoms with Gasteiger partial charge < -0.3 is 111 Å². The van der Waals surface area contributed by atoms with Crippen LogP contribution in [0.15, 0.2) is 101 Å². The Hall–Kier alpha value is -9.39. The molecule has 0 fully saturated rings. The lowest BCUT2D eigenvalue weighted by Gasteiger charge is -2.20. The van der Waals surface area contributed by atoms with Crippen LogP contribution in [0.4, 0.5) is 22.7 Å². The van der Waals surface area contributed by atoms with Crippen molar-refractivity contribution in [1.82, 2.24) is 5.32 Å². The Labute approximate surface area is 437 Å². The SMILES string of the molecule is CC(N)=Nc1cc(O)cc(C(=O)O)c1.Cl.NC(=S)Nc1cc(O)cc(C(=O)O)c1.NCC(O)CN.Nc1cc(O)cc(C(=O)O)c1.O=C(O)c1cc(O)cc(NC2=NCC(O)CN2)c1.O=C(O)c1cc(O)cc(O)c1.[2HH]. The van der Waals surface area contributed by atoms with Gasteiger partial charge in [-0.15, -0.1) is 12.4 Å². The molecular weight excluding hydrogens is 1040 g/mol. The van der Waals surface area contributed by atoms with E-state index in [1.54, 1.807) is 6.92 Å². The number of aromatic carboxylic acids is 5. The number of nitrogens with zero attached hydrogens (tertiary/aromatic N) is 2. The average Bonchev–Trinajstić information content (AvgIpc) is 3.29. The molecule has 0 saturated heterocycles. The van der Waals surface area contributed by atoms with Gasteiger partial charge >= 0.3 is 29.8 Å². The molecule has 1 atom stereocenters. The number of phenols is 6. The number of carboxylic acid groups (broad SMARTS) is 5. The maximum Gasteiger partial charge on any atom is 0.335 e. The van der Waals surface area contributed by atoms with Crippen molar-refractivity contribution in [3.63, 3.8) is 0 Å². The molecule has 0 bridgehead atoms.